The van der Waals surface area contributed by atoms with Crippen LogP contribution in [-0.2, 0) is 0 Å². The Morgan fingerprint density at radius 3 is 2.40 bits per heavy atom. The van der Waals surface area contributed by atoms with Crippen molar-refractivity contribution in [3.05, 3.63) is 29.8 Å². The predicted octanol–water partition coefficient (Wildman–Crippen LogP) is 2.17. The van der Waals surface area contributed by atoms with E-state index in [1.54, 1.807) is 24.3 Å². The summed E-state index contributed by atoms with van der Waals surface area (Å²) in [5, 5.41) is 14.5. The van der Waals surface area contributed by atoms with Crippen LogP contribution in [0.1, 0.15) is 36.5 Å². The maximum atomic E-state index is 11.8. The van der Waals surface area contributed by atoms with E-state index in [9.17, 15) is 9.59 Å². The van der Waals surface area contributed by atoms with Crippen LogP contribution < -0.4 is 10.6 Å². The highest BCUT2D eigenvalue weighted by atomic mass is 16.3. The molecule has 0 aliphatic heterocycles. The Hall–Kier alpha value is -1.88. The molecule has 1 aliphatic carbocycles. The van der Waals surface area contributed by atoms with E-state index in [1.807, 2.05) is 0 Å². The monoisotopic (exact) mass is 276 g/mol. The zero-order valence-corrected chi connectivity index (χ0v) is 11.6. The summed E-state index contributed by atoms with van der Waals surface area (Å²) in [6.45, 7) is 2.26. The lowest BCUT2D eigenvalue weighted by molar-refractivity contribution is 0.101. The zero-order chi connectivity index (χ0) is 14.6. The highest BCUT2D eigenvalue weighted by Crippen LogP contribution is 2.47. The summed E-state index contributed by atoms with van der Waals surface area (Å²) in [5.74, 6) is 0.000630. The molecule has 1 saturated carbocycles. The van der Waals surface area contributed by atoms with E-state index in [2.05, 4.69) is 10.6 Å². The van der Waals surface area contributed by atoms with Gasteiger partial charge in [0.25, 0.3) is 0 Å². The van der Waals surface area contributed by atoms with Gasteiger partial charge in [-0.2, -0.15) is 0 Å². The predicted molar refractivity (Wildman–Crippen MR) is 76.8 cm³/mol. The minimum atomic E-state index is -0.259. The van der Waals surface area contributed by atoms with Gasteiger partial charge in [0, 0.05) is 24.4 Å². The summed E-state index contributed by atoms with van der Waals surface area (Å²) >= 11 is 0. The number of ketones is 1. The molecule has 2 amide bonds. The molecule has 3 N–H and O–H groups in total. The number of carbonyl (C=O) groups excluding carboxylic acids is 2. The molecule has 0 unspecified atom stereocenters. The lowest BCUT2D eigenvalue weighted by atomic mass is 10.0. The van der Waals surface area contributed by atoms with Crippen LogP contribution in [0.5, 0.6) is 0 Å². The van der Waals surface area contributed by atoms with Gasteiger partial charge in [-0.25, -0.2) is 4.79 Å². The normalized spacial score (nSPS) is 15.5. The average molecular weight is 276 g/mol. The summed E-state index contributed by atoms with van der Waals surface area (Å²) in [6, 6.07) is 6.52. The van der Waals surface area contributed by atoms with Gasteiger partial charge < -0.3 is 15.7 Å². The molecule has 0 saturated heterocycles. The van der Waals surface area contributed by atoms with Crippen molar-refractivity contribution in [2.75, 3.05) is 18.5 Å². The number of aliphatic hydroxyl groups excluding tert-OH is 1. The number of benzene rings is 1. The van der Waals surface area contributed by atoms with Gasteiger partial charge in [0.1, 0.15) is 0 Å². The summed E-state index contributed by atoms with van der Waals surface area (Å²) in [7, 11) is 0. The van der Waals surface area contributed by atoms with Crippen molar-refractivity contribution in [1.82, 2.24) is 5.32 Å². The molecule has 2 rings (SSSR count). The molecule has 5 nitrogen and oxygen atoms in total. The SMILES string of the molecule is CC(=O)c1ccc(NC(=O)NCC2(CCO)CC2)cc1. The van der Waals surface area contributed by atoms with Gasteiger partial charge >= 0.3 is 6.03 Å². The fourth-order valence-corrected chi connectivity index (χ4v) is 2.16. The van der Waals surface area contributed by atoms with E-state index in [1.165, 1.54) is 6.92 Å². The molecule has 20 heavy (non-hydrogen) atoms. The second-order valence-electron chi connectivity index (χ2n) is 5.41. The minimum absolute atomic E-state index is 0.000630. The summed E-state index contributed by atoms with van der Waals surface area (Å²) < 4.78 is 0. The van der Waals surface area contributed by atoms with E-state index in [4.69, 9.17) is 5.11 Å². The third-order valence-electron chi connectivity index (χ3n) is 3.77. The van der Waals surface area contributed by atoms with Gasteiger partial charge in [0.15, 0.2) is 5.78 Å². The number of Topliss-reactive ketones (excluding diaryl/α,β-unsaturated/α-hetero) is 1. The van der Waals surface area contributed by atoms with Crippen LogP contribution in [0.25, 0.3) is 0 Å². The summed E-state index contributed by atoms with van der Waals surface area (Å²) in [5.41, 5.74) is 1.38. The Labute approximate surface area is 118 Å². The molecule has 0 heterocycles. The highest BCUT2D eigenvalue weighted by molar-refractivity contribution is 5.95. The molecule has 0 spiro atoms. The van der Waals surface area contributed by atoms with Crippen molar-refractivity contribution in [2.45, 2.75) is 26.2 Å². The van der Waals surface area contributed by atoms with E-state index >= 15 is 0 Å². The largest absolute Gasteiger partial charge is 0.396 e. The molecule has 1 aromatic rings. The zero-order valence-electron chi connectivity index (χ0n) is 11.6. The van der Waals surface area contributed by atoms with Crippen LogP contribution in [0.4, 0.5) is 10.5 Å². The van der Waals surface area contributed by atoms with Gasteiger partial charge in [-0.1, -0.05) is 0 Å². The topological polar surface area (TPSA) is 78.4 Å². The molecule has 1 aromatic carbocycles. The number of amides is 2. The Kier molecular flexibility index (Phi) is 4.39. The first-order valence-electron chi connectivity index (χ1n) is 6.81. The lowest BCUT2D eigenvalue weighted by Crippen LogP contribution is -2.34. The standard InChI is InChI=1S/C15H20N2O3/c1-11(19)12-2-4-13(5-3-12)17-14(20)16-10-15(6-7-15)8-9-18/h2-5,18H,6-10H2,1H3,(H2,16,17,20). The summed E-state index contributed by atoms with van der Waals surface area (Å²) in [6.07, 6.45) is 2.85. The van der Waals surface area contributed by atoms with Gasteiger partial charge in [0.05, 0.1) is 0 Å². The van der Waals surface area contributed by atoms with E-state index < -0.39 is 0 Å². The summed E-state index contributed by atoms with van der Waals surface area (Å²) in [4.78, 5) is 22.9. The first kappa shape index (κ1) is 14.5. The molecule has 1 fully saturated rings. The molecule has 0 aromatic heterocycles. The average Bonchev–Trinajstić information content (AvgIpc) is 3.18. The Morgan fingerprint density at radius 2 is 1.90 bits per heavy atom. The van der Waals surface area contributed by atoms with Crippen molar-refractivity contribution < 1.29 is 14.7 Å². The van der Waals surface area contributed by atoms with E-state index in [0.717, 1.165) is 19.3 Å². The van der Waals surface area contributed by atoms with Crippen LogP contribution in [-0.4, -0.2) is 30.1 Å². The smallest absolute Gasteiger partial charge is 0.319 e. The maximum Gasteiger partial charge on any atom is 0.319 e. The number of carbonyl (C=O) groups is 2. The molecule has 108 valence electrons. The number of hydrogen-bond donors (Lipinski definition) is 3. The molecular formula is C15H20N2O3. The molecule has 0 bridgehead atoms. The van der Waals surface area contributed by atoms with Gasteiger partial charge in [-0.15, -0.1) is 0 Å². The maximum absolute atomic E-state index is 11.8. The van der Waals surface area contributed by atoms with E-state index in [-0.39, 0.29) is 23.8 Å². The molecule has 5 heteroatoms. The Balaban J connectivity index is 1.81. The number of aliphatic hydroxyl groups is 1. The van der Waals surface area contributed by atoms with Crippen molar-refractivity contribution >= 4 is 17.5 Å². The molecule has 0 radical (unpaired) electrons. The van der Waals surface area contributed by atoms with Gasteiger partial charge in [0.2, 0.25) is 0 Å². The van der Waals surface area contributed by atoms with E-state index in [0.29, 0.717) is 17.8 Å². The van der Waals surface area contributed by atoms with Crippen LogP contribution in [0.3, 0.4) is 0 Å². The number of rotatable bonds is 6. The van der Waals surface area contributed by atoms with Crippen molar-refractivity contribution in [2.24, 2.45) is 5.41 Å². The van der Waals surface area contributed by atoms with Crippen LogP contribution >= 0.6 is 0 Å². The van der Waals surface area contributed by atoms with Crippen molar-refractivity contribution in [3.8, 4) is 0 Å². The van der Waals surface area contributed by atoms with Gasteiger partial charge in [-0.05, 0) is 55.9 Å². The highest BCUT2D eigenvalue weighted by Gasteiger charge is 2.41. The third-order valence-corrected chi connectivity index (χ3v) is 3.77. The van der Waals surface area contributed by atoms with Gasteiger partial charge in [-0.3, -0.25) is 4.79 Å². The number of urea groups is 1. The van der Waals surface area contributed by atoms with Crippen molar-refractivity contribution in [3.63, 3.8) is 0 Å². The van der Waals surface area contributed by atoms with Crippen molar-refractivity contribution in [1.29, 1.82) is 0 Å². The Morgan fingerprint density at radius 1 is 1.25 bits per heavy atom. The Bertz CT molecular complexity index is 492. The minimum Gasteiger partial charge on any atom is -0.396 e. The third kappa shape index (κ3) is 3.81. The fraction of sp³-hybridized carbons (Fsp3) is 0.467. The number of nitrogens with one attached hydrogen (secondary N) is 2. The first-order chi connectivity index (χ1) is 9.54. The fourth-order valence-electron chi connectivity index (χ4n) is 2.16. The second kappa shape index (κ2) is 6.05. The first-order valence-corrected chi connectivity index (χ1v) is 6.81. The molecule has 0 atom stereocenters. The quantitative estimate of drug-likeness (QED) is 0.697. The lowest BCUT2D eigenvalue weighted by Gasteiger charge is -2.15. The van der Waals surface area contributed by atoms with Crippen LogP contribution in [0.15, 0.2) is 24.3 Å². The van der Waals surface area contributed by atoms with Crippen LogP contribution in [0.2, 0.25) is 0 Å². The molecule has 1 aliphatic rings. The molecular weight excluding hydrogens is 256 g/mol. The number of hydrogen-bond acceptors (Lipinski definition) is 3. The second-order valence-corrected chi connectivity index (χ2v) is 5.41. The number of anilines is 1. The van der Waals surface area contributed by atoms with Crippen LogP contribution in [0, 0.1) is 5.41 Å².